The number of aliphatic hydroxyl groups is 3. The highest BCUT2D eigenvalue weighted by Gasteiger charge is 2.43. The molecule has 10 nitrogen and oxygen atoms in total. The minimum Gasteiger partial charge on any atom is -0.465 e. The summed E-state index contributed by atoms with van der Waals surface area (Å²) in [7, 11) is -4.14. The van der Waals surface area contributed by atoms with Crippen molar-refractivity contribution in [3.05, 3.63) is 30.3 Å². The van der Waals surface area contributed by atoms with E-state index in [1.807, 2.05) is 20.8 Å². The zero-order chi connectivity index (χ0) is 25.3. The van der Waals surface area contributed by atoms with Crippen molar-refractivity contribution in [2.45, 2.75) is 70.9 Å². The standard InChI is InChI=1S/C23H39N2O8P/c1-5-12-25-14-20(26)22(28)21(27)19(25)15-32-34(30,33-17-10-8-7-9-11-17)24-18(13-16(3)4)23(29)31-6-2/h7-11,16,18-22,26-28H,5-6,12-15H2,1-4H3,(H,24,30). The van der Waals surface area contributed by atoms with Gasteiger partial charge in [0.25, 0.3) is 0 Å². The Morgan fingerprint density at radius 1 is 1.18 bits per heavy atom. The number of rotatable bonds is 13. The monoisotopic (exact) mass is 502 g/mol. The van der Waals surface area contributed by atoms with Crippen LogP contribution in [-0.2, 0) is 18.6 Å². The number of β-amino-alcohol motifs (C(OH)–C–C–N with tert-alkyl or cyclic N) is 1. The van der Waals surface area contributed by atoms with Gasteiger partial charge in [-0.1, -0.05) is 39.0 Å². The maximum atomic E-state index is 13.9. The summed E-state index contributed by atoms with van der Waals surface area (Å²) < 4.78 is 30.5. The Balaban J connectivity index is 2.28. The highest BCUT2D eigenvalue weighted by molar-refractivity contribution is 7.52. The number of hydrogen-bond donors (Lipinski definition) is 4. The second kappa shape index (κ2) is 13.5. The molecule has 0 aromatic heterocycles. The summed E-state index contributed by atoms with van der Waals surface area (Å²) in [6.45, 7) is 8.05. The number of likely N-dealkylation sites (tertiary alicyclic amines) is 1. The normalized spacial score (nSPS) is 26.1. The summed E-state index contributed by atoms with van der Waals surface area (Å²) in [4.78, 5) is 14.3. The Labute approximate surface area is 201 Å². The molecule has 0 aliphatic carbocycles. The Morgan fingerprint density at radius 3 is 2.44 bits per heavy atom. The van der Waals surface area contributed by atoms with Crippen LogP contribution in [-0.4, -0.2) is 82.9 Å². The van der Waals surface area contributed by atoms with Gasteiger partial charge in [0.2, 0.25) is 0 Å². The molecule has 1 saturated heterocycles. The first-order chi connectivity index (χ1) is 16.1. The number of carbonyl (C=O) groups is 1. The van der Waals surface area contributed by atoms with Crippen LogP contribution in [0.1, 0.15) is 40.5 Å². The maximum absolute atomic E-state index is 13.9. The Bertz CT molecular complexity index is 796. The topological polar surface area (TPSA) is 138 Å². The first kappa shape index (κ1) is 28.7. The van der Waals surface area contributed by atoms with Gasteiger partial charge < -0.3 is 24.6 Å². The van der Waals surface area contributed by atoms with Crippen molar-refractivity contribution in [2.24, 2.45) is 5.92 Å². The van der Waals surface area contributed by atoms with Crippen molar-refractivity contribution in [2.75, 3.05) is 26.3 Å². The van der Waals surface area contributed by atoms with Gasteiger partial charge in [-0.3, -0.25) is 14.2 Å². The minimum absolute atomic E-state index is 0.0870. The third-order valence-electron chi connectivity index (χ3n) is 5.52. The van der Waals surface area contributed by atoms with Crippen molar-refractivity contribution < 1.29 is 38.5 Å². The van der Waals surface area contributed by atoms with Crippen molar-refractivity contribution in [1.29, 1.82) is 0 Å². The van der Waals surface area contributed by atoms with Crippen LogP contribution >= 0.6 is 7.75 Å². The van der Waals surface area contributed by atoms with E-state index in [-0.39, 0.29) is 31.4 Å². The number of aliphatic hydroxyl groups excluding tert-OH is 3. The van der Waals surface area contributed by atoms with Gasteiger partial charge in [0.1, 0.15) is 24.0 Å². The molecule has 2 rings (SSSR count). The van der Waals surface area contributed by atoms with Crippen LogP contribution < -0.4 is 9.61 Å². The summed E-state index contributed by atoms with van der Waals surface area (Å²) in [5.74, 6) is -0.208. The summed E-state index contributed by atoms with van der Waals surface area (Å²) in [5, 5.41) is 33.6. The Morgan fingerprint density at radius 2 is 1.85 bits per heavy atom. The Kier molecular flexibility index (Phi) is 11.4. The zero-order valence-electron chi connectivity index (χ0n) is 20.4. The van der Waals surface area contributed by atoms with Crippen molar-refractivity contribution in [3.63, 3.8) is 0 Å². The average molecular weight is 503 g/mol. The van der Waals surface area contributed by atoms with Crippen LogP contribution in [0.3, 0.4) is 0 Å². The number of piperidine rings is 1. The van der Waals surface area contributed by atoms with E-state index in [0.29, 0.717) is 13.0 Å². The predicted octanol–water partition coefficient (Wildman–Crippen LogP) is 1.93. The van der Waals surface area contributed by atoms with E-state index in [0.717, 1.165) is 6.42 Å². The van der Waals surface area contributed by atoms with Gasteiger partial charge in [0.05, 0.1) is 25.4 Å². The van der Waals surface area contributed by atoms with E-state index in [2.05, 4.69) is 5.09 Å². The Hall–Kier alpha value is -1.52. The van der Waals surface area contributed by atoms with Gasteiger partial charge in [-0.15, -0.1) is 0 Å². The lowest BCUT2D eigenvalue weighted by molar-refractivity contribution is -0.146. The molecule has 1 fully saturated rings. The van der Waals surface area contributed by atoms with Crippen molar-refractivity contribution >= 4 is 13.7 Å². The van der Waals surface area contributed by atoms with Crippen LogP contribution in [0.4, 0.5) is 0 Å². The second-order valence-electron chi connectivity index (χ2n) is 8.87. The largest absolute Gasteiger partial charge is 0.465 e. The molecule has 11 heteroatoms. The molecule has 1 aromatic carbocycles. The van der Waals surface area contributed by atoms with Crippen LogP contribution in [0.25, 0.3) is 0 Å². The second-order valence-corrected chi connectivity index (χ2v) is 10.6. The van der Waals surface area contributed by atoms with Gasteiger partial charge >= 0.3 is 13.7 Å². The molecular formula is C23H39N2O8P. The molecule has 194 valence electrons. The van der Waals surface area contributed by atoms with Crippen LogP contribution in [0, 0.1) is 5.92 Å². The minimum atomic E-state index is -4.14. The molecule has 6 atom stereocenters. The third-order valence-corrected chi connectivity index (χ3v) is 7.08. The number of nitrogens with one attached hydrogen (secondary N) is 1. The third kappa shape index (κ3) is 8.30. The maximum Gasteiger partial charge on any atom is 0.459 e. The summed E-state index contributed by atoms with van der Waals surface area (Å²) in [6.07, 6.45) is -2.72. The van der Waals surface area contributed by atoms with Crippen molar-refractivity contribution in [1.82, 2.24) is 9.99 Å². The molecule has 0 radical (unpaired) electrons. The van der Waals surface area contributed by atoms with Crippen LogP contribution in [0.5, 0.6) is 5.75 Å². The van der Waals surface area contributed by atoms with E-state index in [1.165, 1.54) is 0 Å². The van der Waals surface area contributed by atoms with Gasteiger partial charge in [-0.25, -0.2) is 4.57 Å². The smallest absolute Gasteiger partial charge is 0.459 e. The number of carbonyl (C=O) groups excluding carboxylic acids is 1. The fraction of sp³-hybridized carbons (Fsp3) is 0.696. The average Bonchev–Trinajstić information content (AvgIpc) is 2.77. The van der Waals surface area contributed by atoms with E-state index in [9.17, 15) is 24.7 Å². The van der Waals surface area contributed by atoms with Gasteiger partial charge in [-0.2, -0.15) is 5.09 Å². The van der Waals surface area contributed by atoms with Crippen molar-refractivity contribution in [3.8, 4) is 5.75 Å². The fourth-order valence-electron chi connectivity index (χ4n) is 3.89. The number of esters is 1. The molecule has 1 aromatic rings. The lowest BCUT2D eigenvalue weighted by Gasteiger charge is -2.43. The van der Waals surface area contributed by atoms with E-state index in [1.54, 1.807) is 42.2 Å². The fourth-order valence-corrected chi connectivity index (χ4v) is 5.42. The van der Waals surface area contributed by atoms with E-state index < -0.39 is 44.1 Å². The first-order valence-corrected chi connectivity index (χ1v) is 13.4. The SMILES string of the molecule is CCCN1CC(O)C(O)C(O)C1COP(=O)(NC(CC(C)C)C(=O)OCC)Oc1ccccc1. The quantitative estimate of drug-likeness (QED) is 0.234. The molecular weight excluding hydrogens is 463 g/mol. The molecule has 1 aliphatic rings. The highest BCUT2D eigenvalue weighted by atomic mass is 31.2. The molecule has 6 unspecified atom stereocenters. The molecule has 0 saturated carbocycles. The molecule has 0 spiro atoms. The van der Waals surface area contributed by atoms with E-state index >= 15 is 0 Å². The van der Waals surface area contributed by atoms with E-state index in [4.69, 9.17) is 13.8 Å². The van der Waals surface area contributed by atoms with Gasteiger partial charge in [0.15, 0.2) is 0 Å². The van der Waals surface area contributed by atoms with Gasteiger partial charge in [-0.05, 0) is 44.4 Å². The first-order valence-electron chi connectivity index (χ1n) is 11.8. The number of hydrogen-bond acceptors (Lipinski definition) is 9. The summed E-state index contributed by atoms with van der Waals surface area (Å²) >= 11 is 0. The number of para-hydroxylation sites is 1. The van der Waals surface area contributed by atoms with Crippen LogP contribution in [0.15, 0.2) is 30.3 Å². The van der Waals surface area contributed by atoms with Gasteiger partial charge in [0, 0.05) is 6.54 Å². The lowest BCUT2D eigenvalue weighted by atomic mass is 9.94. The number of benzene rings is 1. The molecule has 1 aliphatic heterocycles. The lowest BCUT2D eigenvalue weighted by Crippen LogP contribution is -2.62. The highest BCUT2D eigenvalue weighted by Crippen LogP contribution is 2.46. The molecule has 1 heterocycles. The number of ether oxygens (including phenoxy) is 1. The summed E-state index contributed by atoms with van der Waals surface area (Å²) in [5.41, 5.74) is 0. The molecule has 0 bridgehead atoms. The molecule has 0 amide bonds. The predicted molar refractivity (Wildman–Crippen MR) is 127 cm³/mol. The summed E-state index contributed by atoms with van der Waals surface area (Å²) in [6, 6.07) is 6.74. The zero-order valence-corrected chi connectivity index (χ0v) is 21.3. The van der Waals surface area contributed by atoms with Crippen LogP contribution in [0.2, 0.25) is 0 Å². The molecule has 34 heavy (non-hydrogen) atoms. The molecule has 4 N–H and O–H groups in total. The number of nitrogens with zero attached hydrogens (tertiary/aromatic N) is 1.